The summed E-state index contributed by atoms with van der Waals surface area (Å²) in [5.74, 6) is 0.858. The van der Waals surface area contributed by atoms with E-state index in [0.717, 1.165) is 11.4 Å². The first-order valence-electron chi connectivity index (χ1n) is 5.07. The molecule has 0 aliphatic carbocycles. The van der Waals surface area contributed by atoms with Crippen LogP contribution in [0.2, 0.25) is 0 Å². The van der Waals surface area contributed by atoms with Crippen molar-refractivity contribution in [2.75, 3.05) is 5.32 Å². The largest absolute Gasteiger partial charge is 0.467 e. The number of halogens is 1. The number of furan rings is 1. The van der Waals surface area contributed by atoms with Crippen molar-refractivity contribution in [1.82, 2.24) is 5.32 Å². The molecule has 0 bridgehead atoms. The molecule has 0 unspecified atom stereocenters. The molecule has 2 aromatic rings. The van der Waals surface area contributed by atoms with Gasteiger partial charge in [0, 0.05) is 9.26 Å². The molecule has 3 nitrogen and oxygen atoms in total. The summed E-state index contributed by atoms with van der Waals surface area (Å²) in [7, 11) is 0. The van der Waals surface area contributed by atoms with E-state index in [9.17, 15) is 0 Å². The van der Waals surface area contributed by atoms with E-state index in [1.807, 2.05) is 36.4 Å². The molecule has 0 saturated carbocycles. The highest BCUT2D eigenvalue weighted by molar-refractivity contribution is 14.1. The van der Waals surface area contributed by atoms with Crippen LogP contribution in [-0.4, -0.2) is 5.11 Å². The van der Waals surface area contributed by atoms with E-state index in [1.165, 1.54) is 3.57 Å². The molecule has 5 heteroatoms. The Labute approximate surface area is 119 Å². The molecular weight excluding hydrogens is 347 g/mol. The lowest BCUT2D eigenvalue weighted by Crippen LogP contribution is -2.27. The topological polar surface area (TPSA) is 37.2 Å². The molecule has 0 radical (unpaired) electrons. The highest BCUT2D eigenvalue weighted by Crippen LogP contribution is 2.10. The summed E-state index contributed by atoms with van der Waals surface area (Å²) >= 11 is 7.44. The average Bonchev–Trinajstić information content (AvgIpc) is 2.83. The van der Waals surface area contributed by atoms with Gasteiger partial charge in [-0.1, -0.05) is 0 Å². The van der Waals surface area contributed by atoms with Crippen LogP contribution in [0.3, 0.4) is 0 Å². The van der Waals surface area contributed by atoms with Gasteiger partial charge in [0.2, 0.25) is 0 Å². The summed E-state index contributed by atoms with van der Waals surface area (Å²) in [5.41, 5.74) is 0.974. The maximum Gasteiger partial charge on any atom is 0.171 e. The van der Waals surface area contributed by atoms with E-state index in [4.69, 9.17) is 16.6 Å². The predicted octanol–water partition coefficient (Wildman–Crippen LogP) is 3.37. The molecule has 1 heterocycles. The van der Waals surface area contributed by atoms with Gasteiger partial charge in [0.1, 0.15) is 5.76 Å². The summed E-state index contributed by atoms with van der Waals surface area (Å²) in [5, 5.41) is 6.77. The van der Waals surface area contributed by atoms with Gasteiger partial charge in [-0.2, -0.15) is 0 Å². The quantitative estimate of drug-likeness (QED) is 0.652. The molecule has 0 aliphatic heterocycles. The van der Waals surface area contributed by atoms with Gasteiger partial charge in [-0.05, 0) is 71.2 Å². The highest BCUT2D eigenvalue weighted by Gasteiger charge is 1.99. The second-order valence-electron chi connectivity index (χ2n) is 3.39. The van der Waals surface area contributed by atoms with Crippen LogP contribution in [0.1, 0.15) is 5.76 Å². The van der Waals surface area contributed by atoms with Crippen LogP contribution in [0.25, 0.3) is 0 Å². The van der Waals surface area contributed by atoms with E-state index < -0.39 is 0 Å². The Morgan fingerprint density at radius 2 is 2.00 bits per heavy atom. The van der Waals surface area contributed by atoms with Crippen LogP contribution in [0.4, 0.5) is 5.69 Å². The molecule has 2 N–H and O–H groups in total. The molecule has 1 aromatic carbocycles. The number of nitrogens with one attached hydrogen (secondary N) is 2. The third kappa shape index (κ3) is 4.01. The first kappa shape index (κ1) is 12.4. The first-order chi connectivity index (χ1) is 8.24. The van der Waals surface area contributed by atoms with Crippen LogP contribution in [0, 0.1) is 3.57 Å². The Hall–Kier alpha value is -1.08. The molecule has 0 amide bonds. The Morgan fingerprint density at radius 3 is 2.65 bits per heavy atom. The minimum atomic E-state index is 0.586. The summed E-state index contributed by atoms with van der Waals surface area (Å²) in [6, 6.07) is 11.8. The van der Waals surface area contributed by atoms with Gasteiger partial charge in [0.05, 0.1) is 12.8 Å². The van der Waals surface area contributed by atoms with Crippen LogP contribution in [-0.2, 0) is 6.54 Å². The number of benzene rings is 1. The Bertz CT molecular complexity index is 482. The monoisotopic (exact) mass is 358 g/mol. The Morgan fingerprint density at radius 1 is 1.24 bits per heavy atom. The predicted molar refractivity (Wildman–Crippen MR) is 80.9 cm³/mol. The smallest absolute Gasteiger partial charge is 0.171 e. The number of rotatable bonds is 3. The normalized spacial score (nSPS) is 9.94. The number of hydrogen-bond donors (Lipinski definition) is 2. The van der Waals surface area contributed by atoms with E-state index >= 15 is 0 Å². The summed E-state index contributed by atoms with van der Waals surface area (Å²) in [6.07, 6.45) is 1.65. The van der Waals surface area contributed by atoms with Crippen LogP contribution < -0.4 is 10.6 Å². The lowest BCUT2D eigenvalue weighted by molar-refractivity contribution is 0.503. The fraction of sp³-hybridized carbons (Fsp3) is 0.0833. The lowest BCUT2D eigenvalue weighted by atomic mass is 10.3. The van der Waals surface area contributed by atoms with Gasteiger partial charge in [-0.25, -0.2) is 0 Å². The Kier molecular flexibility index (Phi) is 4.38. The SMILES string of the molecule is S=C(NCc1ccco1)Nc1ccc(I)cc1. The van der Waals surface area contributed by atoms with Crippen molar-refractivity contribution >= 4 is 45.6 Å². The average molecular weight is 358 g/mol. The lowest BCUT2D eigenvalue weighted by Gasteiger charge is -2.09. The van der Waals surface area contributed by atoms with Crippen molar-refractivity contribution in [1.29, 1.82) is 0 Å². The summed E-state index contributed by atoms with van der Waals surface area (Å²) in [4.78, 5) is 0. The van der Waals surface area contributed by atoms with Crippen molar-refractivity contribution < 1.29 is 4.42 Å². The van der Waals surface area contributed by atoms with Gasteiger partial charge in [0.15, 0.2) is 5.11 Å². The molecule has 17 heavy (non-hydrogen) atoms. The molecule has 0 spiro atoms. The molecule has 88 valence electrons. The summed E-state index contributed by atoms with van der Waals surface area (Å²) in [6.45, 7) is 0.587. The first-order valence-corrected chi connectivity index (χ1v) is 6.55. The van der Waals surface area contributed by atoms with Crippen molar-refractivity contribution in [3.05, 3.63) is 52.0 Å². The zero-order valence-electron chi connectivity index (χ0n) is 8.94. The fourth-order valence-electron chi connectivity index (χ4n) is 1.29. The standard InChI is InChI=1S/C12H11IN2OS/c13-9-3-5-10(6-4-9)15-12(17)14-8-11-2-1-7-16-11/h1-7H,8H2,(H2,14,15,17). The maximum absolute atomic E-state index is 5.20. The molecule has 0 saturated heterocycles. The van der Waals surface area contributed by atoms with Gasteiger partial charge in [-0.15, -0.1) is 0 Å². The second-order valence-corrected chi connectivity index (χ2v) is 5.05. The van der Waals surface area contributed by atoms with Gasteiger partial charge < -0.3 is 15.1 Å². The minimum Gasteiger partial charge on any atom is -0.467 e. The third-order valence-corrected chi connectivity index (χ3v) is 3.07. The third-order valence-electron chi connectivity index (χ3n) is 2.11. The van der Waals surface area contributed by atoms with E-state index in [0.29, 0.717) is 11.7 Å². The number of thiocarbonyl (C=S) groups is 1. The van der Waals surface area contributed by atoms with Crippen molar-refractivity contribution in [2.45, 2.75) is 6.54 Å². The van der Waals surface area contributed by atoms with E-state index in [1.54, 1.807) is 6.26 Å². The zero-order valence-corrected chi connectivity index (χ0v) is 11.9. The molecule has 2 rings (SSSR count). The van der Waals surface area contributed by atoms with Gasteiger partial charge >= 0.3 is 0 Å². The molecular formula is C12H11IN2OS. The summed E-state index contributed by atoms with van der Waals surface area (Å²) < 4.78 is 6.40. The van der Waals surface area contributed by atoms with Crippen LogP contribution in [0.5, 0.6) is 0 Å². The minimum absolute atomic E-state index is 0.586. The number of anilines is 1. The van der Waals surface area contributed by atoms with Crippen molar-refractivity contribution in [3.8, 4) is 0 Å². The van der Waals surface area contributed by atoms with E-state index in [2.05, 4.69) is 33.2 Å². The van der Waals surface area contributed by atoms with Gasteiger partial charge in [-0.3, -0.25) is 0 Å². The second kappa shape index (κ2) is 6.02. The molecule has 0 aliphatic rings. The molecule has 0 fully saturated rings. The molecule has 0 atom stereocenters. The molecule has 1 aromatic heterocycles. The van der Waals surface area contributed by atoms with E-state index in [-0.39, 0.29) is 0 Å². The van der Waals surface area contributed by atoms with Crippen molar-refractivity contribution in [3.63, 3.8) is 0 Å². The van der Waals surface area contributed by atoms with Crippen molar-refractivity contribution in [2.24, 2.45) is 0 Å². The van der Waals surface area contributed by atoms with Crippen LogP contribution in [0.15, 0.2) is 47.1 Å². The Balaban J connectivity index is 1.83. The van der Waals surface area contributed by atoms with Crippen LogP contribution >= 0.6 is 34.8 Å². The highest BCUT2D eigenvalue weighted by atomic mass is 127. The zero-order chi connectivity index (χ0) is 12.1. The van der Waals surface area contributed by atoms with Gasteiger partial charge in [0.25, 0.3) is 0 Å². The fourth-order valence-corrected chi connectivity index (χ4v) is 1.84. The maximum atomic E-state index is 5.20. The number of hydrogen-bond acceptors (Lipinski definition) is 2.